The number of aliphatic hydroxyl groups excluding tert-OH is 1. The molecule has 1 atom stereocenters. The first-order valence-electron chi connectivity index (χ1n) is 6.65. The second-order valence-electron chi connectivity index (χ2n) is 4.67. The summed E-state index contributed by atoms with van der Waals surface area (Å²) in [5, 5.41) is 12.5. The molecule has 1 heterocycles. The third kappa shape index (κ3) is 4.10. The van der Waals surface area contributed by atoms with E-state index in [4.69, 9.17) is 16.3 Å². The van der Waals surface area contributed by atoms with Crippen LogP contribution in [0.5, 0.6) is 0 Å². The predicted octanol–water partition coefficient (Wildman–Crippen LogP) is 1.17. The highest BCUT2D eigenvalue weighted by Gasteiger charge is 2.18. The number of carbonyl (C=O) groups is 1. The number of rotatable bonds is 5. The van der Waals surface area contributed by atoms with E-state index in [1.54, 1.807) is 17.0 Å². The summed E-state index contributed by atoms with van der Waals surface area (Å²) in [5.74, 6) is 0.189. The Morgan fingerprint density at radius 3 is 2.90 bits per heavy atom. The van der Waals surface area contributed by atoms with Crippen LogP contribution in [0, 0.1) is 0 Å². The normalized spacial score (nSPS) is 16.8. The highest BCUT2D eigenvalue weighted by molar-refractivity contribution is 6.18. The van der Waals surface area contributed by atoms with E-state index in [1.165, 1.54) is 0 Å². The molecule has 1 unspecified atom stereocenters. The van der Waals surface area contributed by atoms with Crippen molar-refractivity contribution in [2.24, 2.45) is 0 Å². The zero-order valence-electron chi connectivity index (χ0n) is 11.2. The molecule has 2 N–H and O–H groups in total. The fraction of sp³-hybridized carbons (Fsp3) is 0.500. The molecular weight excluding hydrogens is 280 g/mol. The lowest BCUT2D eigenvalue weighted by Crippen LogP contribution is -2.40. The summed E-state index contributed by atoms with van der Waals surface area (Å²) in [4.78, 5) is 14.1. The van der Waals surface area contributed by atoms with Gasteiger partial charge in [-0.25, -0.2) is 0 Å². The van der Waals surface area contributed by atoms with Gasteiger partial charge in [-0.3, -0.25) is 4.79 Å². The second-order valence-corrected chi connectivity index (χ2v) is 4.98. The van der Waals surface area contributed by atoms with E-state index >= 15 is 0 Å². The summed E-state index contributed by atoms with van der Waals surface area (Å²) in [6.45, 7) is 2.79. The smallest absolute Gasteiger partial charge is 0.254 e. The van der Waals surface area contributed by atoms with Crippen molar-refractivity contribution in [2.45, 2.75) is 6.10 Å². The number of halogens is 1. The summed E-state index contributed by atoms with van der Waals surface area (Å²) >= 11 is 5.54. The number of benzene rings is 1. The Labute approximate surface area is 123 Å². The number of aliphatic hydroxyl groups is 1. The van der Waals surface area contributed by atoms with Crippen molar-refractivity contribution in [3.63, 3.8) is 0 Å². The van der Waals surface area contributed by atoms with Gasteiger partial charge in [0.05, 0.1) is 25.2 Å². The van der Waals surface area contributed by atoms with E-state index in [1.807, 2.05) is 12.1 Å². The molecule has 1 amide bonds. The lowest BCUT2D eigenvalue weighted by molar-refractivity contribution is 0.0303. The van der Waals surface area contributed by atoms with Crippen molar-refractivity contribution in [1.29, 1.82) is 0 Å². The molecule has 5 nitrogen and oxygen atoms in total. The minimum atomic E-state index is -0.602. The Morgan fingerprint density at radius 2 is 2.20 bits per heavy atom. The van der Waals surface area contributed by atoms with Gasteiger partial charge in [0.25, 0.3) is 5.91 Å². The van der Waals surface area contributed by atoms with Gasteiger partial charge in [0.2, 0.25) is 0 Å². The Morgan fingerprint density at radius 1 is 1.45 bits per heavy atom. The van der Waals surface area contributed by atoms with Crippen LogP contribution in [0.4, 0.5) is 5.69 Å². The molecule has 110 valence electrons. The van der Waals surface area contributed by atoms with E-state index in [-0.39, 0.29) is 11.8 Å². The van der Waals surface area contributed by atoms with Gasteiger partial charge < -0.3 is 20.1 Å². The second kappa shape index (κ2) is 7.47. The van der Waals surface area contributed by atoms with Gasteiger partial charge in [-0.2, -0.15) is 0 Å². The van der Waals surface area contributed by atoms with Crippen LogP contribution in [0.1, 0.15) is 10.4 Å². The number of amides is 1. The lowest BCUT2D eigenvalue weighted by atomic mass is 10.1. The monoisotopic (exact) mass is 298 g/mol. The molecule has 0 saturated carbocycles. The van der Waals surface area contributed by atoms with Crippen molar-refractivity contribution in [3.8, 4) is 0 Å². The van der Waals surface area contributed by atoms with Crippen LogP contribution in [0.3, 0.4) is 0 Å². The molecule has 0 bridgehead atoms. The standard InChI is InChI=1S/C14H19ClN2O3/c15-9-13(18)10-16-12-3-1-2-11(8-12)14(19)17-4-6-20-7-5-17/h1-3,8,13,16,18H,4-7,9-10H2. The van der Waals surface area contributed by atoms with Crippen LogP contribution in [-0.4, -0.2) is 60.7 Å². The number of hydrogen-bond acceptors (Lipinski definition) is 4. The van der Waals surface area contributed by atoms with Gasteiger partial charge in [0.1, 0.15) is 0 Å². The summed E-state index contributed by atoms with van der Waals surface area (Å²) in [6.07, 6.45) is -0.602. The minimum absolute atomic E-state index is 0.00911. The van der Waals surface area contributed by atoms with Crippen molar-refractivity contribution >= 4 is 23.2 Å². The molecule has 2 rings (SSSR count). The molecule has 1 aliphatic rings. The molecule has 1 saturated heterocycles. The summed E-state index contributed by atoms with van der Waals surface area (Å²) in [5.41, 5.74) is 1.44. The van der Waals surface area contributed by atoms with Gasteiger partial charge in [0, 0.05) is 30.9 Å². The van der Waals surface area contributed by atoms with Gasteiger partial charge in [-0.15, -0.1) is 11.6 Å². The summed E-state index contributed by atoms with van der Waals surface area (Å²) in [7, 11) is 0. The Hall–Kier alpha value is -1.30. The number of morpholine rings is 1. The van der Waals surface area contributed by atoms with Gasteiger partial charge in [-0.05, 0) is 18.2 Å². The Balaban J connectivity index is 1.99. The quantitative estimate of drug-likeness (QED) is 0.801. The third-order valence-corrected chi connectivity index (χ3v) is 3.48. The number of hydrogen-bond donors (Lipinski definition) is 2. The molecule has 0 radical (unpaired) electrons. The number of alkyl halides is 1. The fourth-order valence-corrected chi connectivity index (χ4v) is 2.11. The number of nitrogens with zero attached hydrogens (tertiary/aromatic N) is 1. The van der Waals surface area contributed by atoms with Crippen molar-refractivity contribution in [1.82, 2.24) is 4.90 Å². The Bertz CT molecular complexity index is 450. The summed E-state index contributed by atoms with van der Waals surface area (Å²) < 4.78 is 5.24. The van der Waals surface area contributed by atoms with Crippen LogP contribution in [0.15, 0.2) is 24.3 Å². The van der Waals surface area contributed by atoms with Gasteiger partial charge >= 0.3 is 0 Å². The zero-order chi connectivity index (χ0) is 14.4. The number of ether oxygens (including phenoxy) is 1. The van der Waals surface area contributed by atoms with Crippen molar-refractivity contribution < 1.29 is 14.6 Å². The number of anilines is 1. The van der Waals surface area contributed by atoms with Crippen LogP contribution < -0.4 is 5.32 Å². The van der Waals surface area contributed by atoms with E-state index in [0.29, 0.717) is 38.4 Å². The van der Waals surface area contributed by atoms with Crippen molar-refractivity contribution in [3.05, 3.63) is 29.8 Å². The molecule has 20 heavy (non-hydrogen) atoms. The molecule has 0 aromatic heterocycles. The molecule has 1 fully saturated rings. The molecular formula is C14H19ClN2O3. The van der Waals surface area contributed by atoms with Crippen LogP contribution >= 0.6 is 11.6 Å². The Kier molecular flexibility index (Phi) is 5.64. The molecule has 6 heteroatoms. The average molecular weight is 299 g/mol. The molecule has 1 aliphatic heterocycles. The zero-order valence-corrected chi connectivity index (χ0v) is 12.0. The summed E-state index contributed by atoms with van der Waals surface area (Å²) in [6, 6.07) is 7.26. The van der Waals surface area contributed by atoms with Crippen molar-refractivity contribution in [2.75, 3.05) is 44.0 Å². The van der Waals surface area contributed by atoms with Crippen LogP contribution in [-0.2, 0) is 4.74 Å². The van der Waals surface area contributed by atoms with Crippen LogP contribution in [0.25, 0.3) is 0 Å². The largest absolute Gasteiger partial charge is 0.390 e. The van der Waals surface area contributed by atoms with E-state index < -0.39 is 6.10 Å². The predicted molar refractivity (Wildman–Crippen MR) is 78.4 cm³/mol. The maximum atomic E-state index is 12.3. The van der Waals surface area contributed by atoms with Gasteiger partial charge in [-0.1, -0.05) is 6.07 Å². The minimum Gasteiger partial charge on any atom is -0.390 e. The maximum absolute atomic E-state index is 12.3. The van der Waals surface area contributed by atoms with Gasteiger partial charge in [0.15, 0.2) is 0 Å². The maximum Gasteiger partial charge on any atom is 0.254 e. The molecule has 0 aliphatic carbocycles. The first-order valence-corrected chi connectivity index (χ1v) is 7.19. The highest BCUT2D eigenvalue weighted by atomic mass is 35.5. The molecule has 1 aromatic rings. The van der Waals surface area contributed by atoms with E-state index in [0.717, 1.165) is 5.69 Å². The third-order valence-electron chi connectivity index (χ3n) is 3.13. The molecule has 1 aromatic carbocycles. The topological polar surface area (TPSA) is 61.8 Å². The highest BCUT2D eigenvalue weighted by Crippen LogP contribution is 2.14. The number of nitrogens with one attached hydrogen (secondary N) is 1. The molecule has 0 spiro atoms. The lowest BCUT2D eigenvalue weighted by Gasteiger charge is -2.27. The number of carbonyl (C=O) groups excluding carboxylic acids is 1. The van der Waals surface area contributed by atoms with Crippen LogP contribution in [0.2, 0.25) is 0 Å². The average Bonchev–Trinajstić information content (AvgIpc) is 2.53. The SMILES string of the molecule is O=C(c1cccc(NCC(O)CCl)c1)N1CCOCC1. The fourth-order valence-electron chi connectivity index (χ4n) is 2.00. The van der Waals surface area contributed by atoms with E-state index in [2.05, 4.69) is 5.32 Å². The first kappa shape index (κ1) is 15.1. The first-order chi connectivity index (χ1) is 9.70. The van der Waals surface area contributed by atoms with E-state index in [9.17, 15) is 9.90 Å².